The number of carbonyl (C=O) groups excluding carboxylic acids is 1. The van der Waals surface area contributed by atoms with Crippen LogP contribution >= 0.6 is 0 Å². The lowest BCUT2D eigenvalue weighted by atomic mass is 9.89. The first-order valence-electron chi connectivity index (χ1n) is 6.25. The number of hydrogen-bond donors (Lipinski definition) is 1. The Hall–Kier alpha value is -1.30. The Morgan fingerprint density at radius 2 is 1.89 bits per heavy atom. The molecule has 0 aromatic heterocycles. The van der Waals surface area contributed by atoms with E-state index >= 15 is 0 Å². The van der Waals surface area contributed by atoms with E-state index in [9.17, 15) is 9.59 Å². The lowest BCUT2D eigenvalue weighted by molar-refractivity contribution is -0.121. The third-order valence-electron chi connectivity index (χ3n) is 3.67. The van der Waals surface area contributed by atoms with Crippen molar-refractivity contribution in [1.29, 1.82) is 0 Å². The lowest BCUT2D eigenvalue weighted by Gasteiger charge is -2.37. The van der Waals surface area contributed by atoms with Crippen LogP contribution in [-0.2, 0) is 9.53 Å². The maximum Gasteiger partial charge on any atom is 0.407 e. The number of rotatable bonds is 6. The van der Waals surface area contributed by atoms with Gasteiger partial charge in [-0.15, -0.1) is 0 Å². The van der Waals surface area contributed by atoms with Gasteiger partial charge in [0.2, 0.25) is 6.41 Å². The highest BCUT2D eigenvalue weighted by molar-refractivity contribution is 5.64. The summed E-state index contributed by atoms with van der Waals surface area (Å²) in [6.45, 7) is 1.14. The van der Waals surface area contributed by atoms with Gasteiger partial charge in [-0.2, -0.15) is 0 Å². The van der Waals surface area contributed by atoms with Crippen molar-refractivity contribution >= 4 is 12.5 Å². The first-order valence-corrected chi connectivity index (χ1v) is 6.25. The summed E-state index contributed by atoms with van der Waals surface area (Å²) in [5, 5.41) is 8.91. The van der Waals surface area contributed by atoms with Crippen LogP contribution in [0.3, 0.4) is 0 Å². The van der Waals surface area contributed by atoms with Crippen LogP contribution in [0.5, 0.6) is 0 Å². The fourth-order valence-electron chi connectivity index (χ4n) is 2.45. The lowest BCUT2D eigenvalue weighted by Crippen LogP contribution is -2.44. The van der Waals surface area contributed by atoms with Crippen LogP contribution in [-0.4, -0.2) is 66.8 Å². The molecule has 1 aliphatic rings. The van der Waals surface area contributed by atoms with Crippen molar-refractivity contribution in [3.8, 4) is 0 Å². The largest absolute Gasteiger partial charge is 0.465 e. The smallest absolute Gasteiger partial charge is 0.407 e. The maximum absolute atomic E-state index is 11.0. The van der Waals surface area contributed by atoms with Gasteiger partial charge in [-0.3, -0.25) is 4.79 Å². The fraction of sp³-hybridized carbons (Fsp3) is 0.833. The van der Waals surface area contributed by atoms with Crippen LogP contribution in [0.2, 0.25) is 0 Å². The molecular formula is C12H22N2O4. The minimum atomic E-state index is -0.884. The molecule has 0 spiro atoms. The summed E-state index contributed by atoms with van der Waals surface area (Å²) < 4.78 is 4.97. The number of carboxylic acid groups (broad SMARTS) is 1. The molecule has 0 saturated heterocycles. The van der Waals surface area contributed by atoms with Gasteiger partial charge in [0.1, 0.15) is 0 Å². The molecule has 6 nitrogen and oxygen atoms in total. The van der Waals surface area contributed by atoms with E-state index in [-0.39, 0.29) is 12.1 Å². The molecule has 0 unspecified atom stereocenters. The van der Waals surface area contributed by atoms with E-state index in [1.54, 1.807) is 19.1 Å². The summed E-state index contributed by atoms with van der Waals surface area (Å²) in [5.74, 6) is 0. The SMILES string of the molecule is COCCN(C=O)C1CCC(N(C)C(=O)O)CC1. The Balaban J connectivity index is 2.42. The summed E-state index contributed by atoms with van der Waals surface area (Å²) in [6, 6.07) is 0.297. The van der Waals surface area contributed by atoms with E-state index in [1.807, 2.05) is 0 Å². The van der Waals surface area contributed by atoms with Crippen LogP contribution in [0.15, 0.2) is 0 Å². The van der Waals surface area contributed by atoms with Crippen molar-refractivity contribution in [3.63, 3.8) is 0 Å². The van der Waals surface area contributed by atoms with E-state index in [2.05, 4.69) is 0 Å². The second-order valence-corrected chi connectivity index (χ2v) is 4.69. The van der Waals surface area contributed by atoms with Gasteiger partial charge in [-0.05, 0) is 25.7 Å². The van der Waals surface area contributed by atoms with Crippen molar-refractivity contribution < 1.29 is 19.4 Å². The molecule has 6 heteroatoms. The predicted molar refractivity (Wildman–Crippen MR) is 66.5 cm³/mol. The first kappa shape index (κ1) is 14.8. The highest BCUT2D eigenvalue weighted by Gasteiger charge is 2.28. The van der Waals surface area contributed by atoms with E-state index in [4.69, 9.17) is 9.84 Å². The Kier molecular flexibility index (Phi) is 5.91. The third kappa shape index (κ3) is 3.87. The molecule has 0 atom stereocenters. The quantitative estimate of drug-likeness (QED) is 0.722. The zero-order valence-corrected chi connectivity index (χ0v) is 11.0. The molecule has 18 heavy (non-hydrogen) atoms. The summed E-state index contributed by atoms with van der Waals surface area (Å²) in [6.07, 6.45) is 3.31. The molecule has 1 N–H and O–H groups in total. The minimum Gasteiger partial charge on any atom is -0.465 e. The Morgan fingerprint density at radius 3 is 2.33 bits per heavy atom. The highest BCUT2D eigenvalue weighted by Crippen LogP contribution is 2.25. The minimum absolute atomic E-state index is 0.0784. The van der Waals surface area contributed by atoms with Gasteiger partial charge >= 0.3 is 6.09 Å². The topological polar surface area (TPSA) is 70.1 Å². The molecule has 104 valence electrons. The molecule has 2 amide bonds. The summed E-state index contributed by atoms with van der Waals surface area (Å²) in [7, 11) is 3.22. The van der Waals surface area contributed by atoms with Gasteiger partial charge in [-0.25, -0.2) is 4.79 Å². The van der Waals surface area contributed by atoms with Gasteiger partial charge in [-0.1, -0.05) is 0 Å². The molecule has 0 aliphatic heterocycles. The number of hydrogen-bond acceptors (Lipinski definition) is 3. The monoisotopic (exact) mass is 258 g/mol. The van der Waals surface area contributed by atoms with Crippen LogP contribution in [0.25, 0.3) is 0 Å². The van der Waals surface area contributed by atoms with Gasteiger partial charge in [0.25, 0.3) is 0 Å². The zero-order valence-electron chi connectivity index (χ0n) is 11.0. The molecule has 1 rings (SSSR count). The van der Waals surface area contributed by atoms with Crippen LogP contribution in [0, 0.1) is 0 Å². The van der Waals surface area contributed by atoms with Crippen molar-refractivity contribution in [2.75, 3.05) is 27.3 Å². The Morgan fingerprint density at radius 1 is 1.33 bits per heavy atom. The Labute approximate surface area is 107 Å². The molecule has 1 fully saturated rings. The van der Waals surface area contributed by atoms with Crippen LogP contribution < -0.4 is 0 Å². The predicted octanol–water partition coefficient (Wildman–Crippen LogP) is 1.01. The number of nitrogens with zero attached hydrogens (tertiary/aromatic N) is 2. The van der Waals surface area contributed by atoms with Crippen molar-refractivity contribution in [1.82, 2.24) is 9.80 Å². The second-order valence-electron chi connectivity index (χ2n) is 4.69. The molecule has 0 heterocycles. The molecular weight excluding hydrogens is 236 g/mol. The van der Waals surface area contributed by atoms with Gasteiger partial charge < -0.3 is 19.6 Å². The average molecular weight is 258 g/mol. The van der Waals surface area contributed by atoms with E-state index in [1.165, 1.54) is 4.90 Å². The average Bonchev–Trinajstić information content (AvgIpc) is 2.39. The van der Waals surface area contributed by atoms with Gasteiger partial charge in [0, 0.05) is 32.8 Å². The molecule has 0 radical (unpaired) electrons. The number of methoxy groups -OCH3 is 1. The van der Waals surface area contributed by atoms with Crippen molar-refractivity contribution in [3.05, 3.63) is 0 Å². The third-order valence-corrected chi connectivity index (χ3v) is 3.67. The molecule has 0 aromatic rings. The van der Waals surface area contributed by atoms with E-state index in [0.717, 1.165) is 32.1 Å². The van der Waals surface area contributed by atoms with Crippen molar-refractivity contribution in [2.24, 2.45) is 0 Å². The number of carbonyl (C=O) groups is 2. The van der Waals surface area contributed by atoms with E-state index < -0.39 is 6.09 Å². The standard InChI is InChI=1S/C12H22N2O4/c1-13(12(16)17)10-3-5-11(6-4-10)14(9-15)7-8-18-2/h9-11H,3-8H2,1-2H3,(H,16,17). The first-order chi connectivity index (χ1) is 8.60. The summed E-state index contributed by atoms with van der Waals surface area (Å²) in [4.78, 5) is 25.0. The normalized spacial score (nSPS) is 23.4. The van der Waals surface area contributed by atoms with Crippen LogP contribution in [0.4, 0.5) is 4.79 Å². The molecule has 1 aliphatic carbocycles. The zero-order chi connectivity index (χ0) is 13.5. The molecule has 0 bridgehead atoms. The summed E-state index contributed by atoms with van der Waals surface area (Å²) in [5.41, 5.74) is 0. The number of ether oxygens (including phenoxy) is 1. The number of amides is 2. The fourth-order valence-corrected chi connectivity index (χ4v) is 2.45. The summed E-state index contributed by atoms with van der Waals surface area (Å²) >= 11 is 0. The molecule has 0 aromatic carbocycles. The maximum atomic E-state index is 11.0. The van der Waals surface area contributed by atoms with Gasteiger partial charge in [0.15, 0.2) is 0 Å². The highest BCUT2D eigenvalue weighted by atomic mass is 16.5. The Bertz CT molecular complexity index is 277. The molecule has 1 saturated carbocycles. The van der Waals surface area contributed by atoms with Crippen molar-refractivity contribution in [2.45, 2.75) is 37.8 Å². The van der Waals surface area contributed by atoms with Crippen LogP contribution in [0.1, 0.15) is 25.7 Å². The van der Waals surface area contributed by atoms with Gasteiger partial charge in [0.05, 0.1) is 6.61 Å². The van der Waals surface area contributed by atoms with E-state index in [0.29, 0.717) is 13.2 Å². The second kappa shape index (κ2) is 7.20.